The molecule has 2 heterocycles. The number of piperazine rings is 1. The van der Waals surface area contributed by atoms with Crippen LogP contribution in [0.25, 0.3) is 11.0 Å². The number of amides is 1. The monoisotopic (exact) mass is 376 g/mol. The number of aromatic nitrogens is 2. The SMILES string of the molecule is Cc1nc2ccccc2n1CCC(=O)N1CCN(CCc2ccccc2)CC1. The van der Waals surface area contributed by atoms with Crippen molar-refractivity contribution in [2.24, 2.45) is 0 Å². The fourth-order valence-electron chi connectivity index (χ4n) is 4.00. The van der Waals surface area contributed by atoms with E-state index in [1.54, 1.807) is 0 Å². The van der Waals surface area contributed by atoms with Gasteiger partial charge in [-0.25, -0.2) is 4.98 Å². The molecule has 0 spiro atoms. The summed E-state index contributed by atoms with van der Waals surface area (Å²) < 4.78 is 2.16. The predicted molar refractivity (Wildman–Crippen MR) is 112 cm³/mol. The van der Waals surface area contributed by atoms with Crippen LogP contribution in [0.4, 0.5) is 0 Å². The lowest BCUT2D eigenvalue weighted by Gasteiger charge is -2.35. The standard InChI is InChI=1S/C23H28N4O/c1-19-24-21-9-5-6-10-22(21)27(19)14-12-23(28)26-17-15-25(16-18-26)13-11-20-7-3-2-4-8-20/h2-10H,11-18H2,1H3. The van der Waals surface area contributed by atoms with Gasteiger partial charge >= 0.3 is 0 Å². The molecule has 1 aliphatic heterocycles. The number of carbonyl (C=O) groups is 1. The Labute approximate surface area is 166 Å². The first-order valence-corrected chi connectivity index (χ1v) is 10.2. The van der Waals surface area contributed by atoms with Crippen molar-refractivity contribution in [3.05, 3.63) is 66.0 Å². The Kier molecular flexibility index (Phi) is 5.72. The molecule has 0 radical (unpaired) electrons. The number of nitrogens with zero attached hydrogens (tertiary/aromatic N) is 4. The van der Waals surface area contributed by atoms with Crippen molar-refractivity contribution >= 4 is 16.9 Å². The topological polar surface area (TPSA) is 41.4 Å². The molecule has 4 rings (SSSR count). The lowest BCUT2D eigenvalue weighted by atomic mass is 10.1. The Morgan fingerprint density at radius 3 is 2.43 bits per heavy atom. The van der Waals surface area contributed by atoms with Crippen LogP contribution in [-0.2, 0) is 17.8 Å². The average molecular weight is 377 g/mol. The quantitative estimate of drug-likeness (QED) is 0.664. The van der Waals surface area contributed by atoms with Crippen LogP contribution in [0.5, 0.6) is 0 Å². The van der Waals surface area contributed by atoms with E-state index in [1.165, 1.54) is 5.56 Å². The molecule has 0 aliphatic carbocycles. The van der Waals surface area contributed by atoms with Gasteiger partial charge in [0.1, 0.15) is 5.82 Å². The van der Waals surface area contributed by atoms with Crippen molar-refractivity contribution in [1.82, 2.24) is 19.4 Å². The van der Waals surface area contributed by atoms with Crippen molar-refractivity contribution in [2.75, 3.05) is 32.7 Å². The number of rotatable bonds is 6. The summed E-state index contributed by atoms with van der Waals surface area (Å²) in [6.45, 7) is 7.35. The molecule has 3 aromatic rings. The highest BCUT2D eigenvalue weighted by Gasteiger charge is 2.21. The first-order chi connectivity index (χ1) is 13.7. The van der Waals surface area contributed by atoms with Gasteiger partial charge in [-0.3, -0.25) is 9.69 Å². The van der Waals surface area contributed by atoms with Gasteiger partial charge < -0.3 is 9.47 Å². The normalized spacial score (nSPS) is 15.2. The summed E-state index contributed by atoms with van der Waals surface area (Å²) in [7, 11) is 0. The number of carbonyl (C=O) groups excluding carboxylic acids is 1. The van der Waals surface area contributed by atoms with E-state index in [2.05, 4.69) is 50.8 Å². The van der Waals surface area contributed by atoms with Crippen LogP contribution in [-0.4, -0.2) is 58.0 Å². The number of imidazole rings is 1. The van der Waals surface area contributed by atoms with Crippen LogP contribution in [0.2, 0.25) is 0 Å². The van der Waals surface area contributed by atoms with Crippen molar-refractivity contribution in [3.63, 3.8) is 0 Å². The molecule has 5 nitrogen and oxygen atoms in total. The van der Waals surface area contributed by atoms with Gasteiger partial charge in [-0.2, -0.15) is 0 Å². The van der Waals surface area contributed by atoms with Gasteiger partial charge in [0, 0.05) is 45.7 Å². The third kappa shape index (κ3) is 4.25. The van der Waals surface area contributed by atoms with Crippen molar-refractivity contribution in [3.8, 4) is 0 Å². The second kappa shape index (κ2) is 8.57. The summed E-state index contributed by atoms with van der Waals surface area (Å²) in [5.74, 6) is 1.22. The lowest BCUT2D eigenvalue weighted by molar-refractivity contribution is -0.133. The Hall–Kier alpha value is -2.66. The molecule has 0 atom stereocenters. The van der Waals surface area contributed by atoms with Gasteiger partial charge in [-0.05, 0) is 31.0 Å². The molecule has 1 aliphatic rings. The summed E-state index contributed by atoms with van der Waals surface area (Å²) in [6.07, 6.45) is 1.60. The number of benzene rings is 2. The fraction of sp³-hybridized carbons (Fsp3) is 0.391. The van der Waals surface area contributed by atoms with E-state index in [1.807, 2.05) is 30.0 Å². The Morgan fingerprint density at radius 1 is 0.929 bits per heavy atom. The van der Waals surface area contributed by atoms with Gasteiger partial charge in [0.05, 0.1) is 11.0 Å². The second-order valence-electron chi connectivity index (χ2n) is 7.51. The third-order valence-corrected chi connectivity index (χ3v) is 5.68. The minimum atomic E-state index is 0.250. The van der Waals surface area contributed by atoms with Crippen LogP contribution in [0.3, 0.4) is 0 Å². The largest absolute Gasteiger partial charge is 0.340 e. The highest BCUT2D eigenvalue weighted by Crippen LogP contribution is 2.16. The zero-order chi connectivity index (χ0) is 19.3. The molecule has 28 heavy (non-hydrogen) atoms. The lowest BCUT2D eigenvalue weighted by Crippen LogP contribution is -2.49. The Bertz CT molecular complexity index is 926. The summed E-state index contributed by atoms with van der Waals surface area (Å²) >= 11 is 0. The molecule has 1 saturated heterocycles. The Morgan fingerprint density at radius 2 is 1.64 bits per heavy atom. The molecular weight excluding hydrogens is 348 g/mol. The highest BCUT2D eigenvalue weighted by molar-refractivity contribution is 5.78. The molecule has 5 heteroatoms. The minimum Gasteiger partial charge on any atom is -0.340 e. The summed E-state index contributed by atoms with van der Waals surface area (Å²) in [5.41, 5.74) is 3.49. The smallest absolute Gasteiger partial charge is 0.224 e. The van der Waals surface area contributed by atoms with Crippen LogP contribution >= 0.6 is 0 Å². The summed E-state index contributed by atoms with van der Waals surface area (Å²) in [6, 6.07) is 18.7. The maximum Gasteiger partial charge on any atom is 0.224 e. The number of fused-ring (bicyclic) bond motifs is 1. The van der Waals surface area contributed by atoms with E-state index in [-0.39, 0.29) is 5.91 Å². The van der Waals surface area contributed by atoms with Crippen LogP contribution in [0, 0.1) is 6.92 Å². The maximum absolute atomic E-state index is 12.7. The number of hydrogen-bond donors (Lipinski definition) is 0. The zero-order valence-corrected chi connectivity index (χ0v) is 16.6. The van der Waals surface area contributed by atoms with Crippen molar-refractivity contribution in [2.45, 2.75) is 26.3 Å². The van der Waals surface area contributed by atoms with E-state index in [0.717, 1.165) is 56.0 Å². The molecule has 1 amide bonds. The third-order valence-electron chi connectivity index (χ3n) is 5.68. The minimum absolute atomic E-state index is 0.250. The van der Waals surface area contributed by atoms with E-state index in [4.69, 9.17) is 0 Å². The van der Waals surface area contributed by atoms with E-state index in [0.29, 0.717) is 13.0 Å². The van der Waals surface area contributed by atoms with Crippen LogP contribution in [0.15, 0.2) is 54.6 Å². The number of aryl methyl sites for hydroxylation is 2. The molecule has 0 bridgehead atoms. The van der Waals surface area contributed by atoms with Gasteiger partial charge in [-0.15, -0.1) is 0 Å². The van der Waals surface area contributed by atoms with E-state index in [9.17, 15) is 4.79 Å². The average Bonchev–Trinajstić information content (AvgIpc) is 3.06. The van der Waals surface area contributed by atoms with Gasteiger partial charge in [0.2, 0.25) is 5.91 Å². The molecule has 1 fully saturated rings. The first-order valence-electron chi connectivity index (χ1n) is 10.2. The second-order valence-corrected chi connectivity index (χ2v) is 7.51. The molecule has 0 N–H and O–H groups in total. The molecule has 2 aromatic carbocycles. The van der Waals surface area contributed by atoms with Gasteiger partial charge in [-0.1, -0.05) is 42.5 Å². The summed E-state index contributed by atoms with van der Waals surface area (Å²) in [4.78, 5) is 21.8. The first kappa shape index (κ1) is 18.7. The molecule has 0 unspecified atom stereocenters. The van der Waals surface area contributed by atoms with Crippen molar-refractivity contribution < 1.29 is 4.79 Å². The maximum atomic E-state index is 12.7. The van der Waals surface area contributed by atoms with Gasteiger partial charge in [0.25, 0.3) is 0 Å². The van der Waals surface area contributed by atoms with E-state index >= 15 is 0 Å². The zero-order valence-electron chi connectivity index (χ0n) is 16.6. The molecule has 146 valence electrons. The fourth-order valence-corrected chi connectivity index (χ4v) is 4.00. The highest BCUT2D eigenvalue weighted by atomic mass is 16.2. The van der Waals surface area contributed by atoms with Crippen molar-refractivity contribution in [1.29, 1.82) is 0 Å². The van der Waals surface area contributed by atoms with Crippen LogP contribution < -0.4 is 0 Å². The molecule has 0 saturated carbocycles. The van der Waals surface area contributed by atoms with Crippen LogP contribution in [0.1, 0.15) is 17.8 Å². The molecular formula is C23H28N4O. The molecule has 1 aromatic heterocycles. The summed E-state index contributed by atoms with van der Waals surface area (Å²) in [5, 5.41) is 0. The van der Waals surface area contributed by atoms with E-state index < -0.39 is 0 Å². The predicted octanol–water partition coefficient (Wildman–Crippen LogP) is 3.12. The number of para-hydroxylation sites is 2. The number of hydrogen-bond acceptors (Lipinski definition) is 3. The Balaban J connectivity index is 1.25. The van der Waals surface area contributed by atoms with Gasteiger partial charge in [0.15, 0.2) is 0 Å².